The van der Waals surface area contributed by atoms with Gasteiger partial charge < -0.3 is 15.0 Å². The van der Waals surface area contributed by atoms with Gasteiger partial charge in [0.05, 0.1) is 30.1 Å². The Bertz CT molecular complexity index is 628. The number of hydrogen-bond donors (Lipinski definition) is 1. The number of nitrogens with one attached hydrogen (secondary N) is 1. The molecular weight excluding hydrogens is 290 g/mol. The maximum absolute atomic E-state index is 6.19. The summed E-state index contributed by atoms with van der Waals surface area (Å²) in [5.41, 5.74) is 1.21. The number of rotatable bonds is 3. The van der Waals surface area contributed by atoms with Crippen molar-refractivity contribution in [1.29, 1.82) is 0 Å². The number of pyridine rings is 1. The molecule has 0 radical (unpaired) electrons. The van der Waals surface area contributed by atoms with E-state index in [0.29, 0.717) is 12.0 Å². The zero-order valence-electron chi connectivity index (χ0n) is 13.1. The number of aromatic nitrogens is 3. The molecule has 2 aromatic heterocycles. The first kappa shape index (κ1) is 14.4. The second-order valence-electron chi connectivity index (χ2n) is 6.31. The van der Waals surface area contributed by atoms with E-state index in [4.69, 9.17) is 4.74 Å². The van der Waals surface area contributed by atoms with Gasteiger partial charge in [-0.1, -0.05) is 0 Å². The molecule has 4 rings (SSSR count). The number of piperidine rings is 1. The predicted octanol–water partition coefficient (Wildman–Crippen LogP) is 2.11. The van der Waals surface area contributed by atoms with Crippen molar-refractivity contribution >= 4 is 11.6 Å². The summed E-state index contributed by atoms with van der Waals surface area (Å²) in [6.45, 7) is 2.76. The minimum Gasteiger partial charge on any atom is -0.373 e. The molecule has 23 heavy (non-hydrogen) atoms. The standard InChI is InChI=1S/C17H21N5O/c1-3-15(12-18-6-1)22-9-4-17(5-10-22)11-14(13-23-17)21-16-19-7-2-8-20-16/h1-3,6-8,12,14H,4-5,9-11,13H2,(H,19,20,21). The van der Waals surface area contributed by atoms with Gasteiger partial charge in [-0.3, -0.25) is 4.98 Å². The molecule has 0 bridgehead atoms. The van der Waals surface area contributed by atoms with Crippen molar-refractivity contribution in [3.63, 3.8) is 0 Å². The van der Waals surface area contributed by atoms with Gasteiger partial charge in [-0.2, -0.15) is 0 Å². The lowest BCUT2D eigenvalue weighted by Gasteiger charge is -2.39. The molecule has 2 aliphatic heterocycles. The van der Waals surface area contributed by atoms with E-state index in [0.717, 1.165) is 39.0 Å². The molecule has 2 fully saturated rings. The molecule has 2 aliphatic rings. The van der Waals surface area contributed by atoms with Gasteiger partial charge in [0.25, 0.3) is 0 Å². The Hall–Kier alpha value is -2.21. The van der Waals surface area contributed by atoms with Gasteiger partial charge in [0.2, 0.25) is 5.95 Å². The van der Waals surface area contributed by atoms with Crippen LogP contribution >= 0.6 is 0 Å². The van der Waals surface area contributed by atoms with E-state index in [1.807, 2.05) is 24.5 Å². The number of nitrogens with zero attached hydrogens (tertiary/aromatic N) is 4. The Morgan fingerprint density at radius 1 is 1.13 bits per heavy atom. The van der Waals surface area contributed by atoms with Gasteiger partial charge in [0.1, 0.15) is 0 Å². The molecule has 4 heterocycles. The number of anilines is 2. The van der Waals surface area contributed by atoms with Crippen LogP contribution < -0.4 is 10.2 Å². The molecule has 0 aliphatic carbocycles. The van der Waals surface area contributed by atoms with Crippen LogP contribution in [0.2, 0.25) is 0 Å². The highest BCUT2D eigenvalue weighted by molar-refractivity contribution is 5.44. The highest BCUT2D eigenvalue weighted by Crippen LogP contribution is 2.37. The Kier molecular flexibility index (Phi) is 3.83. The summed E-state index contributed by atoms with van der Waals surface area (Å²) in [4.78, 5) is 15.1. The maximum Gasteiger partial charge on any atom is 0.222 e. The lowest BCUT2D eigenvalue weighted by molar-refractivity contribution is -0.0147. The number of ether oxygens (including phenoxy) is 1. The fourth-order valence-electron chi connectivity index (χ4n) is 3.55. The summed E-state index contributed by atoms with van der Waals surface area (Å²) >= 11 is 0. The second-order valence-corrected chi connectivity index (χ2v) is 6.31. The topological polar surface area (TPSA) is 63.2 Å². The smallest absolute Gasteiger partial charge is 0.222 e. The molecule has 0 amide bonds. The van der Waals surface area contributed by atoms with Crippen LogP contribution in [-0.4, -0.2) is 46.3 Å². The first-order valence-corrected chi connectivity index (χ1v) is 8.16. The monoisotopic (exact) mass is 311 g/mol. The van der Waals surface area contributed by atoms with Crippen molar-refractivity contribution in [2.45, 2.75) is 30.9 Å². The van der Waals surface area contributed by atoms with Crippen LogP contribution in [0.15, 0.2) is 43.0 Å². The molecule has 120 valence electrons. The Morgan fingerprint density at radius 3 is 2.70 bits per heavy atom. The van der Waals surface area contributed by atoms with Crippen LogP contribution in [0.4, 0.5) is 11.6 Å². The van der Waals surface area contributed by atoms with Crippen LogP contribution in [0.25, 0.3) is 0 Å². The third-order valence-corrected chi connectivity index (χ3v) is 4.79. The molecule has 1 unspecified atom stereocenters. The number of hydrogen-bond acceptors (Lipinski definition) is 6. The summed E-state index contributed by atoms with van der Waals surface area (Å²) in [5, 5.41) is 3.38. The fourth-order valence-corrected chi connectivity index (χ4v) is 3.55. The van der Waals surface area contributed by atoms with Crippen molar-refractivity contribution in [2.75, 3.05) is 29.9 Å². The van der Waals surface area contributed by atoms with Crippen LogP contribution in [0.1, 0.15) is 19.3 Å². The van der Waals surface area contributed by atoms with Crippen molar-refractivity contribution in [3.05, 3.63) is 43.0 Å². The summed E-state index contributed by atoms with van der Waals surface area (Å²) in [5.74, 6) is 0.686. The summed E-state index contributed by atoms with van der Waals surface area (Å²) in [6, 6.07) is 6.23. The van der Waals surface area contributed by atoms with E-state index in [-0.39, 0.29) is 5.60 Å². The van der Waals surface area contributed by atoms with Crippen LogP contribution in [-0.2, 0) is 4.74 Å². The predicted molar refractivity (Wildman–Crippen MR) is 88.4 cm³/mol. The average Bonchev–Trinajstić information content (AvgIpc) is 2.99. The van der Waals surface area contributed by atoms with Gasteiger partial charge in [-0.05, 0) is 37.5 Å². The SMILES string of the molecule is c1cnc(NC2COC3(CCN(c4cccnc4)CC3)C2)nc1. The van der Waals surface area contributed by atoms with E-state index in [2.05, 4.69) is 31.2 Å². The lowest BCUT2D eigenvalue weighted by atomic mass is 9.87. The molecule has 6 nitrogen and oxygen atoms in total. The van der Waals surface area contributed by atoms with Crippen molar-refractivity contribution < 1.29 is 4.74 Å². The highest BCUT2D eigenvalue weighted by atomic mass is 16.5. The van der Waals surface area contributed by atoms with Crippen molar-refractivity contribution in [2.24, 2.45) is 0 Å². The minimum atomic E-state index is 0.00512. The van der Waals surface area contributed by atoms with Gasteiger partial charge in [-0.15, -0.1) is 0 Å². The van der Waals surface area contributed by atoms with E-state index >= 15 is 0 Å². The fraction of sp³-hybridized carbons (Fsp3) is 0.471. The minimum absolute atomic E-state index is 0.00512. The quantitative estimate of drug-likeness (QED) is 0.937. The Morgan fingerprint density at radius 2 is 1.96 bits per heavy atom. The molecule has 2 saturated heterocycles. The molecule has 6 heteroatoms. The van der Waals surface area contributed by atoms with Crippen LogP contribution in [0.3, 0.4) is 0 Å². The third-order valence-electron chi connectivity index (χ3n) is 4.79. The maximum atomic E-state index is 6.19. The summed E-state index contributed by atoms with van der Waals surface area (Å²) in [6.07, 6.45) is 10.4. The van der Waals surface area contributed by atoms with Crippen LogP contribution in [0, 0.1) is 0 Å². The Balaban J connectivity index is 1.35. The molecule has 1 N–H and O–H groups in total. The molecule has 1 atom stereocenters. The van der Waals surface area contributed by atoms with Gasteiger partial charge >= 0.3 is 0 Å². The van der Waals surface area contributed by atoms with Gasteiger partial charge in [0.15, 0.2) is 0 Å². The van der Waals surface area contributed by atoms with E-state index in [1.165, 1.54) is 5.69 Å². The average molecular weight is 311 g/mol. The molecule has 1 spiro atoms. The molecule has 2 aromatic rings. The summed E-state index contributed by atoms with van der Waals surface area (Å²) in [7, 11) is 0. The first-order chi connectivity index (χ1) is 11.3. The second kappa shape index (κ2) is 6.12. The third kappa shape index (κ3) is 3.12. The molecule has 0 aromatic carbocycles. The largest absolute Gasteiger partial charge is 0.373 e. The molecule has 0 saturated carbocycles. The van der Waals surface area contributed by atoms with E-state index < -0.39 is 0 Å². The van der Waals surface area contributed by atoms with Gasteiger partial charge in [0, 0.05) is 31.7 Å². The first-order valence-electron chi connectivity index (χ1n) is 8.16. The Labute approximate surface area is 135 Å². The van der Waals surface area contributed by atoms with Crippen molar-refractivity contribution in [1.82, 2.24) is 15.0 Å². The highest BCUT2D eigenvalue weighted by Gasteiger charge is 2.42. The van der Waals surface area contributed by atoms with Gasteiger partial charge in [-0.25, -0.2) is 9.97 Å². The van der Waals surface area contributed by atoms with Crippen LogP contribution in [0.5, 0.6) is 0 Å². The normalized spacial score (nSPS) is 23.1. The summed E-state index contributed by atoms with van der Waals surface area (Å²) < 4.78 is 6.19. The van der Waals surface area contributed by atoms with E-state index in [1.54, 1.807) is 12.4 Å². The van der Waals surface area contributed by atoms with E-state index in [9.17, 15) is 0 Å². The zero-order valence-corrected chi connectivity index (χ0v) is 13.1. The lowest BCUT2D eigenvalue weighted by Crippen LogP contribution is -2.44. The zero-order chi connectivity index (χ0) is 15.5. The van der Waals surface area contributed by atoms with Crippen molar-refractivity contribution in [3.8, 4) is 0 Å². The molecular formula is C17H21N5O.